The molecule has 4 heterocycles. The van der Waals surface area contributed by atoms with E-state index < -0.39 is 5.92 Å². The van der Waals surface area contributed by atoms with Crippen molar-refractivity contribution in [1.29, 1.82) is 0 Å². The molecule has 0 unspecified atom stereocenters. The van der Waals surface area contributed by atoms with Gasteiger partial charge in [-0.25, -0.2) is 18.7 Å². The van der Waals surface area contributed by atoms with E-state index in [1.54, 1.807) is 17.7 Å². The summed E-state index contributed by atoms with van der Waals surface area (Å²) in [7, 11) is 0. The van der Waals surface area contributed by atoms with Crippen molar-refractivity contribution in [2.75, 3.05) is 37.6 Å². The molecule has 2 aliphatic heterocycles. The van der Waals surface area contributed by atoms with Crippen molar-refractivity contribution in [3.63, 3.8) is 0 Å². The van der Waals surface area contributed by atoms with E-state index in [0.717, 1.165) is 49.8 Å². The summed E-state index contributed by atoms with van der Waals surface area (Å²) < 4.78 is 26.0. The maximum Gasteiger partial charge on any atom is 0.248 e. The van der Waals surface area contributed by atoms with Crippen LogP contribution in [-0.2, 0) is 6.42 Å². The van der Waals surface area contributed by atoms with E-state index in [-0.39, 0.29) is 18.8 Å². The van der Waals surface area contributed by atoms with Crippen LogP contribution in [0.15, 0.2) is 12.4 Å². The predicted octanol–water partition coefficient (Wildman–Crippen LogP) is 4.20. The normalized spacial score (nSPS) is 24.9. The maximum absolute atomic E-state index is 13.0. The Morgan fingerprint density at radius 2 is 1.93 bits per heavy atom. The fraction of sp³-hybridized carbons (Fsp3) is 0.700. The van der Waals surface area contributed by atoms with Gasteiger partial charge in [-0.05, 0) is 36.7 Å². The van der Waals surface area contributed by atoms with E-state index >= 15 is 0 Å². The summed E-state index contributed by atoms with van der Waals surface area (Å²) in [6.45, 7) is 7.26. The van der Waals surface area contributed by atoms with Gasteiger partial charge in [0.25, 0.3) is 0 Å². The summed E-state index contributed by atoms with van der Waals surface area (Å²) in [5, 5.41) is 1.19. The number of hydrogen-bond acceptors (Lipinski definition) is 5. The van der Waals surface area contributed by atoms with Crippen molar-refractivity contribution < 1.29 is 8.78 Å². The van der Waals surface area contributed by atoms with E-state index in [2.05, 4.69) is 32.8 Å². The Morgan fingerprint density at radius 3 is 2.59 bits per heavy atom. The van der Waals surface area contributed by atoms with Crippen molar-refractivity contribution in [1.82, 2.24) is 14.9 Å². The number of anilines is 1. The van der Waals surface area contributed by atoms with Crippen LogP contribution < -0.4 is 4.90 Å². The molecular weight excluding hydrogens is 366 g/mol. The van der Waals surface area contributed by atoms with Gasteiger partial charge in [-0.1, -0.05) is 6.92 Å². The molecule has 5 rings (SSSR count). The zero-order chi connectivity index (χ0) is 18.6. The largest absolute Gasteiger partial charge is 0.356 e. The van der Waals surface area contributed by atoms with Crippen LogP contribution in [-0.4, -0.2) is 53.5 Å². The van der Waals surface area contributed by atoms with Crippen LogP contribution in [0.4, 0.5) is 14.6 Å². The first-order valence-corrected chi connectivity index (χ1v) is 10.9. The maximum atomic E-state index is 13.0. The standard InChI is InChI=1S/C20H26F2N4S/c1-2-15-7-16-17(23-13-24-18(16)27-15)26-5-3-19(4-6-26)11-25(12-19)10-14-8-20(21,22)9-14/h7,13-14H,2-6,8-12H2,1H3. The summed E-state index contributed by atoms with van der Waals surface area (Å²) in [6, 6.07) is 2.25. The first-order valence-electron chi connectivity index (χ1n) is 10.0. The molecule has 2 saturated heterocycles. The highest BCUT2D eigenvalue weighted by molar-refractivity contribution is 7.18. The van der Waals surface area contributed by atoms with Crippen molar-refractivity contribution in [3.05, 3.63) is 17.3 Å². The number of nitrogens with zero attached hydrogens (tertiary/aromatic N) is 4. The lowest BCUT2D eigenvalue weighted by atomic mass is 9.70. The lowest BCUT2D eigenvalue weighted by Gasteiger charge is -2.55. The zero-order valence-corrected chi connectivity index (χ0v) is 16.6. The zero-order valence-electron chi connectivity index (χ0n) is 15.8. The third kappa shape index (κ3) is 3.23. The minimum Gasteiger partial charge on any atom is -0.356 e. The third-order valence-corrected chi connectivity index (χ3v) is 7.83. The molecule has 3 aliphatic rings. The summed E-state index contributed by atoms with van der Waals surface area (Å²) in [5.41, 5.74) is 0.401. The second kappa shape index (κ2) is 6.34. The average Bonchev–Trinajstić information content (AvgIpc) is 3.03. The molecule has 2 aromatic heterocycles. The number of aromatic nitrogens is 2. The first kappa shape index (κ1) is 17.7. The van der Waals surface area contributed by atoms with Gasteiger partial charge >= 0.3 is 0 Å². The number of halogens is 2. The molecule has 1 spiro atoms. The lowest BCUT2D eigenvalue weighted by Crippen LogP contribution is -2.62. The van der Waals surface area contributed by atoms with Crippen molar-refractivity contribution in [2.24, 2.45) is 11.3 Å². The molecule has 146 valence electrons. The summed E-state index contributed by atoms with van der Waals surface area (Å²) in [4.78, 5) is 16.3. The number of alkyl halides is 2. The number of fused-ring (bicyclic) bond motifs is 1. The molecule has 3 fully saturated rings. The van der Waals surface area contributed by atoms with Gasteiger partial charge in [0.2, 0.25) is 5.92 Å². The van der Waals surface area contributed by atoms with Crippen LogP contribution in [0, 0.1) is 11.3 Å². The van der Waals surface area contributed by atoms with Crippen LogP contribution in [0.2, 0.25) is 0 Å². The van der Waals surface area contributed by atoms with E-state index in [0.29, 0.717) is 5.41 Å². The van der Waals surface area contributed by atoms with Crippen LogP contribution in [0.3, 0.4) is 0 Å². The number of piperidine rings is 1. The van der Waals surface area contributed by atoms with Crippen LogP contribution in [0.5, 0.6) is 0 Å². The van der Waals surface area contributed by atoms with E-state index in [1.807, 2.05) is 0 Å². The van der Waals surface area contributed by atoms with Gasteiger partial charge in [-0.2, -0.15) is 0 Å². The predicted molar refractivity (Wildman–Crippen MR) is 105 cm³/mol. The Labute approximate surface area is 162 Å². The van der Waals surface area contributed by atoms with Gasteiger partial charge in [0.15, 0.2) is 0 Å². The summed E-state index contributed by atoms with van der Waals surface area (Å²) >= 11 is 1.77. The van der Waals surface area contributed by atoms with Gasteiger partial charge in [0.05, 0.1) is 5.39 Å². The molecule has 0 bridgehead atoms. The van der Waals surface area contributed by atoms with Gasteiger partial charge in [0, 0.05) is 50.4 Å². The van der Waals surface area contributed by atoms with E-state index in [4.69, 9.17) is 0 Å². The van der Waals surface area contributed by atoms with Crippen LogP contribution in [0.25, 0.3) is 10.2 Å². The number of hydrogen-bond donors (Lipinski definition) is 0. The molecule has 0 aromatic carbocycles. The number of likely N-dealkylation sites (tertiary alicyclic amines) is 1. The summed E-state index contributed by atoms with van der Waals surface area (Å²) in [6.07, 6.45) is 5.24. The number of rotatable bonds is 4. The third-order valence-electron chi connectivity index (χ3n) is 6.64. The van der Waals surface area contributed by atoms with E-state index in [9.17, 15) is 8.78 Å². The minimum absolute atomic E-state index is 0.0916. The van der Waals surface area contributed by atoms with Gasteiger partial charge in [0.1, 0.15) is 17.0 Å². The molecule has 0 N–H and O–H groups in total. The van der Waals surface area contributed by atoms with E-state index in [1.165, 1.54) is 23.1 Å². The molecular formula is C20H26F2N4S. The molecule has 2 aromatic rings. The minimum atomic E-state index is -2.39. The number of aryl methyl sites for hydroxylation is 1. The molecule has 1 aliphatic carbocycles. The molecule has 0 amide bonds. The second-order valence-corrected chi connectivity index (χ2v) is 9.88. The highest BCUT2D eigenvalue weighted by Crippen LogP contribution is 2.46. The van der Waals surface area contributed by atoms with Crippen LogP contribution >= 0.6 is 11.3 Å². The first-order chi connectivity index (χ1) is 13.0. The number of thiophene rings is 1. The smallest absolute Gasteiger partial charge is 0.248 e. The Bertz CT molecular complexity index is 828. The van der Waals surface area contributed by atoms with Crippen molar-refractivity contribution in [2.45, 2.75) is 45.0 Å². The molecule has 7 heteroatoms. The Hall–Kier alpha value is -1.34. The fourth-order valence-electron chi connectivity index (χ4n) is 5.14. The van der Waals surface area contributed by atoms with Crippen molar-refractivity contribution >= 4 is 27.4 Å². The molecule has 0 atom stereocenters. The van der Waals surface area contributed by atoms with Gasteiger partial charge < -0.3 is 9.80 Å². The monoisotopic (exact) mass is 392 g/mol. The van der Waals surface area contributed by atoms with Gasteiger partial charge in [-0.15, -0.1) is 11.3 Å². The highest BCUT2D eigenvalue weighted by atomic mass is 32.1. The molecule has 0 radical (unpaired) electrons. The van der Waals surface area contributed by atoms with Crippen molar-refractivity contribution in [3.8, 4) is 0 Å². The van der Waals surface area contributed by atoms with Gasteiger partial charge in [-0.3, -0.25) is 0 Å². The SMILES string of the molecule is CCc1cc2c(N3CCC4(CC3)CN(CC3CC(F)(F)C3)C4)ncnc2s1. The van der Waals surface area contributed by atoms with Crippen LogP contribution in [0.1, 0.15) is 37.5 Å². The molecule has 27 heavy (non-hydrogen) atoms. The Kier molecular flexibility index (Phi) is 4.17. The average molecular weight is 393 g/mol. The lowest BCUT2D eigenvalue weighted by molar-refractivity contribution is -0.130. The highest BCUT2D eigenvalue weighted by Gasteiger charge is 2.50. The Balaban J connectivity index is 1.19. The summed E-state index contributed by atoms with van der Waals surface area (Å²) in [5.74, 6) is -1.10. The molecule has 4 nitrogen and oxygen atoms in total. The second-order valence-electron chi connectivity index (χ2n) is 8.77. The molecule has 1 saturated carbocycles. The fourth-order valence-corrected chi connectivity index (χ4v) is 6.07. The quantitative estimate of drug-likeness (QED) is 0.781. The topological polar surface area (TPSA) is 32.3 Å². The Morgan fingerprint density at radius 1 is 1.19 bits per heavy atom.